The van der Waals surface area contributed by atoms with E-state index in [2.05, 4.69) is 236 Å². The van der Waals surface area contributed by atoms with E-state index in [4.69, 9.17) is 0 Å². The standard InChI is InChI=1S/C54H34BrN3/c55-54-52(57-46-23-11-7-19-40(46)41-20-8-12-24-47(41)57)33-39(34-53(54)58-48-25-13-9-21-42(48)43-22-10-14-26-49(43)58)56-50-29-27-37(35-15-3-1-4-16-35)31-44(50)45-32-38(28-30-51(45)56)36-17-5-2-6-18-36/h1-34H. The van der Waals surface area contributed by atoms with Crippen LogP contribution in [0, 0.1) is 0 Å². The monoisotopic (exact) mass is 803 g/mol. The molecule has 0 atom stereocenters. The molecule has 12 rings (SSSR count). The number of rotatable bonds is 5. The smallest absolute Gasteiger partial charge is 0.0658 e. The van der Waals surface area contributed by atoms with E-state index in [0.29, 0.717) is 0 Å². The van der Waals surface area contributed by atoms with Gasteiger partial charge in [-0.1, -0.05) is 146 Å². The van der Waals surface area contributed by atoms with Gasteiger partial charge in [0.05, 0.1) is 54.6 Å². The van der Waals surface area contributed by atoms with Gasteiger partial charge in [-0.15, -0.1) is 0 Å². The van der Waals surface area contributed by atoms with Crippen LogP contribution in [0.3, 0.4) is 0 Å². The Morgan fingerprint density at radius 3 is 0.966 bits per heavy atom. The van der Waals surface area contributed by atoms with Gasteiger partial charge in [0.1, 0.15) is 0 Å². The van der Waals surface area contributed by atoms with Crippen LogP contribution in [0.25, 0.3) is 105 Å². The number of hydrogen-bond acceptors (Lipinski definition) is 0. The van der Waals surface area contributed by atoms with Crippen molar-refractivity contribution in [2.24, 2.45) is 0 Å². The van der Waals surface area contributed by atoms with Crippen LogP contribution >= 0.6 is 15.9 Å². The van der Waals surface area contributed by atoms with Crippen molar-refractivity contribution in [2.45, 2.75) is 0 Å². The molecule has 58 heavy (non-hydrogen) atoms. The molecule has 0 bridgehead atoms. The molecular weight excluding hydrogens is 771 g/mol. The zero-order valence-corrected chi connectivity index (χ0v) is 32.9. The Hall–Kier alpha value is -7.14. The third kappa shape index (κ3) is 4.92. The first kappa shape index (κ1) is 33.0. The quantitative estimate of drug-likeness (QED) is 0.165. The number of nitrogens with zero attached hydrogens (tertiary/aromatic N) is 3. The number of aromatic nitrogens is 3. The van der Waals surface area contributed by atoms with E-state index in [0.717, 1.165) is 54.6 Å². The van der Waals surface area contributed by atoms with Crippen LogP contribution in [0.1, 0.15) is 0 Å². The van der Waals surface area contributed by atoms with Crippen molar-refractivity contribution in [1.29, 1.82) is 0 Å². The van der Waals surface area contributed by atoms with Gasteiger partial charge in [-0.25, -0.2) is 0 Å². The Balaban J connectivity index is 1.23. The van der Waals surface area contributed by atoms with Gasteiger partial charge in [-0.2, -0.15) is 0 Å². The number of halogens is 1. The molecule has 0 aliphatic carbocycles. The number of hydrogen-bond donors (Lipinski definition) is 0. The molecule has 0 aliphatic rings. The van der Waals surface area contributed by atoms with Gasteiger partial charge in [0.15, 0.2) is 0 Å². The predicted octanol–water partition coefficient (Wildman–Crippen LogP) is 15.1. The first-order valence-corrected chi connectivity index (χ1v) is 20.5. The molecule has 0 amide bonds. The Morgan fingerprint density at radius 1 is 0.259 bits per heavy atom. The molecule has 9 aromatic carbocycles. The summed E-state index contributed by atoms with van der Waals surface area (Å²) in [5.41, 5.74) is 15.0. The molecule has 4 heteroatoms. The van der Waals surface area contributed by atoms with E-state index >= 15 is 0 Å². The Morgan fingerprint density at radius 2 is 0.586 bits per heavy atom. The van der Waals surface area contributed by atoms with E-state index in [-0.39, 0.29) is 0 Å². The summed E-state index contributed by atoms with van der Waals surface area (Å²) in [5.74, 6) is 0. The van der Waals surface area contributed by atoms with Crippen LogP contribution in [0.15, 0.2) is 211 Å². The Kier molecular flexibility index (Phi) is 7.38. The highest BCUT2D eigenvalue weighted by Gasteiger charge is 2.23. The third-order valence-electron chi connectivity index (χ3n) is 11.9. The maximum atomic E-state index is 4.28. The molecule has 3 nitrogen and oxygen atoms in total. The van der Waals surface area contributed by atoms with Gasteiger partial charge in [0.25, 0.3) is 0 Å². The predicted molar refractivity (Wildman–Crippen MR) is 248 cm³/mol. The number of fused-ring (bicyclic) bond motifs is 9. The molecule has 272 valence electrons. The summed E-state index contributed by atoms with van der Waals surface area (Å²) in [6.07, 6.45) is 0. The highest BCUT2D eigenvalue weighted by Crippen LogP contribution is 2.44. The van der Waals surface area contributed by atoms with Crippen molar-refractivity contribution >= 4 is 81.3 Å². The van der Waals surface area contributed by atoms with Gasteiger partial charge in [-0.3, -0.25) is 0 Å². The molecule has 0 radical (unpaired) electrons. The maximum Gasteiger partial charge on any atom is 0.0658 e. The zero-order chi connectivity index (χ0) is 38.3. The van der Waals surface area contributed by atoms with Gasteiger partial charge in [0.2, 0.25) is 0 Å². The lowest BCUT2D eigenvalue weighted by molar-refractivity contribution is 1.08. The van der Waals surface area contributed by atoms with Crippen molar-refractivity contribution in [3.8, 4) is 39.3 Å². The molecule has 12 aromatic rings. The van der Waals surface area contributed by atoms with Crippen LogP contribution in [0.2, 0.25) is 0 Å². The number of benzene rings is 9. The van der Waals surface area contributed by atoms with Crippen LogP contribution in [0.5, 0.6) is 0 Å². The third-order valence-corrected chi connectivity index (χ3v) is 12.7. The van der Waals surface area contributed by atoms with Gasteiger partial charge >= 0.3 is 0 Å². The van der Waals surface area contributed by atoms with Gasteiger partial charge < -0.3 is 13.7 Å². The molecule has 0 aliphatic heterocycles. The molecule has 0 saturated heterocycles. The largest absolute Gasteiger partial charge is 0.309 e. The average Bonchev–Trinajstić information content (AvgIpc) is 3.92. The molecule has 0 N–H and O–H groups in total. The summed E-state index contributed by atoms with van der Waals surface area (Å²) < 4.78 is 8.36. The Bertz CT molecular complexity index is 3230. The molecule has 3 aromatic heterocycles. The second kappa shape index (κ2) is 13.0. The topological polar surface area (TPSA) is 14.8 Å². The van der Waals surface area contributed by atoms with Crippen molar-refractivity contribution < 1.29 is 0 Å². The summed E-state index contributed by atoms with van der Waals surface area (Å²) in [4.78, 5) is 0. The lowest BCUT2D eigenvalue weighted by Gasteiger charge is -2.20. The first-order valence-electron chi connectivity index (χ1n) is 19.7. The first-order chi connectivity index (χ1) is 28.7. The highest BCUT2D eigenvalue weighted by molar-refractivity contribution is 9.10. The maximum absolute atomic E-state index is 4.28. The fraction of sp³-hybridized carbons (Fsp3) is 0. The van der Waals surface area contributed by atoms with Crippen molar-refractivity contribution in [3.63, 3.8) is 0 Å². The molecule has 0 fully saturated rings. The van der Waals surface area contributed by atoms with E-state index in [1.807, 2.05) is 0 Å². The Labute approximate surface area is 343 Å². The van der Waals surface area contributed by atoms with Crippen molar-refractivity contribution in [3.05, 3.63) is 211 Å². The summed E-state index contributed by atoms with van der Waals surface area (Å²) in [6.45, 7) is 0. The van der Waals surface area contributed by atoms with Crippen molar-refractivity contribution in [2.75, 3.05) is 0 Å². The summed E-state index contributed by atoms with van der Waals surface area (Å²) in [6, 6.07) is 75.1. The molecule has 0 spiro atoms. The van der Waals surface area contributed by atoms with Crippen LogP contribution in [-0.4, -0.2) is 13.7 Å². The normalized spacial score (nSPS) is 11.9. The minimum Gasteiger partial charge on any atom is -0.309 e. The van der Waals surface area contributed by atoms with E-state index < -0.39 is 0 Å². The lowest BCUT2D eigenvalue weighted by atomic mass is 10.0. The summed E-state index contributed by atoms with van der Waals surface area (Å²) >= 11 is 4.28. The van der Waals surface area contributed by atoms with Gasteiger partial charge in [0, 0.05) is 32.3 Å². The fourth-order valence-corrected chi connectivity index (χ4v) is 9.90. The summed E-state index contributed by atoms with van der Waals surface area (Å²) in [7, 11) is 0. The van der Waals surface area contributed by atoms with E-state index in [1.54, 1.807) is 0 Å². The van der Waals surface area contributed by atoms with Crippen LogP contribution in [0.4, 0.5) is 0 Å². The highest BCUT2D eigenvalue weighted by atomic mass is 79.9. The minimum atomic E-state index is 1.02. The molecule has 0 saturated carbocycles. The zero-order valence-electron chi connectivity index (χ0n) is 31.3. The van der Waals surface area contributed by atoms with E-state index in [9.17, 15) is 0 Å². The second-order valence-corrected chi connectivity index (χ2v) is 15.9. The van der Waals surface area contributed by atoms with Gasteiger partial charge in [-0.05, 0) is 98.8 Å². The van der Waals surface area contributed by atoms with E-state index in [1.165, 1.54) is 54.6 Å². The van der Waals surface area contributed by atoms with Crippen LogP contribution < -0.4 is 0 Å². The summed E-state index contributed by atoms with van der Waals surface area (Å²) in [5, 5.41) is 7.35. The van der Waals surface area contributed by atoms with Crippen molar-refractivity contribution in [1.82, 2.24) is 13.7 Å². The minimum absolute atomic E-state index is 1.02. The second-order valence-electron chi connectivity index (χ2n) is 15.1. The SMILES string of the molecule is Brc1c(-n2c3ccccc3c3ccccc32)cc(-n2c3ccc(-c4ccccc4)cc3c3cc(-c4ccccc4)ccc32)cc1-n1c2ccccc2c2ccccc21. The number of para-hydroxylation sites is 4. The molecule has 0 unspecified atom stereocenters. The molecular formula is C54H34BrN3. The average molecular weight is 805 g/mol. The van der Waals surface area contributed by atoms with Crippen LogP contribution in [-0.2, 0) is 0 Å². The fourth-order valence-electron chi connectivity index (χ4n) is 9.32. The molecule has 3 heterocycles. The lowest BCUT2D eigenvalue weighted by Crippen LogP contribution is -2.05.